The lowest BCUT2D eigenvalue weighted by molar-refractivity contribution is -0.136. The van der Waals surface area contributed by atoms with Gasteiger partial charge in [-0.25, -0.2) is 9.37 Å². The largest absolute Gasteiger partial charge is 0.496 e. The summed E-state index contributed by atoms with van der Waals surface area (Å²) in [6.45, 7) is 7.30. The van der Waals surface area contributed by atoms with Gasteiger partial charge in [0.1, 0.15) is 45.5 Å². The van der Waals surface area contributed by atoms with Crippen molar-refractivity contribution < 1.29 is 28.2 Å². The molecule has 0 radical (unpaired) electrons. The number of fused-ring (bicyclic) bond motifs is 1. The highest BCUT2D eigenvalue weighted by Gasteiger charge is 2.28. The van der Waals surface area contributed by atoms with Crippen LogP contribution in [0.1, 0.15) is 11.1 Å². The molecule has 5 aromatic rings. The molecule has 1 fully saturated rings. The maximum absolute atomic E-state index is 14.0. The van der Waals surface area contributed by atoms with Gasteiger partial charge >= 0.3 is 5.97 Å². The standard InChI is InChI=1S/C37H37ClFN3O5S/c1-23-27(12-13-30(34(23)38)46-21-20-42-18-16-41(2)17-19-42)32-33-29(47-35(32)24-8-10-26(39)11-9-24)14-15-40-36(33)48-31(37(43)44)22-25-6-4-5-7-28(25)45-3/h4-15,31H,16-22H2,1-3H3,(H,43,44). The number of aromatic nitrogens is 1. The van der Waals surface area contributed by atoms with Crippen molar-refractivity contribution in [3.63, 3.8) is 0 Å². The number of furan rings is 1. The van der Waals surface area contributed by atoms with Crippen molar-refractivity contribution >= 4 is 40.3 Å². The van der Waals surface area contributed by atoms with Crippen molar-refractivity contribution in [2.75, 3.05) is 53.5 Å². The zero-order chi connectivity index (χ0) is 33.8. The van der Waals surface area contributed by atoms with E-state index in [4.69, 9.17) is 25.5 Å². The maximum atomic E-state index is 14.0. The van der Waals surface area contributed by atoms with E-state index in [-0.39, 0.29) is 12.2 Å². The van der Waals surface area contributed by atoms with Crippen LogP contribution >= 0.6 is 23.4 Å². The molecule has 6 rings (SSSR count). The first-order valence-corrected chi connectivity index (χ1v) is 17.0. The molecule has 250 valence electrons. The predicted molar refractivity (Wildman–Crippen MR) is 188 cm³/mol. The zero-order valence-electron chi connectivity index (χ0n) is 27.0. The van der Waals surface area contributed by atoms with Gasteiger partial charge in [-0.05, 0) is 79.5 Å². The Balaban J connectivity index is 1.39. The molecule has 1 aliphatic heterocycles. The van der Waals surface area contributed by atoms with Crippen molar-refractivity contribution in [2.24, 2.45) is 0 Å². The maximum Gasteiger partial charge on any atom is 0.317 e. The van der Waals surface area contributed by atoms with Crippen LogP contribution in [-0.4, -0.2) is 84.6 Å². The Kier molecular flexibility index (Phi) is 10.6. The molecular weight excluding hydrogens is 653 g/mol. The lowest BCUT2D eigenvalue weighted by Crippen LogP contribution is -2.45. The molecule has 0 amide bonds. The van der Waals surface area contributed by atoms with Crippen LogP contribution < -0.4 is 9.47 Å². The molecule has 0 bridgehead atoms. The molecule has 2 aromatic heterocycles. The summed E-state index contributed by atoms with van der Waals surface area (Å²) in [4.78, 5) is 22.0. The summed E-state index contributed by atoms with van der Waals surface area (Å²) in [5, 5.41) is 11.1. The minimum atomic E-state index is -0.981. The summed E-state index contributed by atoms with van der Waals surface area (Å²) in [5.41, 5.74) is 4.19. The minimum absolute atomic E-state index is 0.213. The summed E-state index contributed by atoms with van der Waals surface area (Å²) >= 11 is 8.12. The Labute approximate surface area is 288 Å². The Bertz CT molecular complexity index is 1910. The van der Waals surface area contributed by atoms with Gasteiger partial charge in [0, 0.05) is 50.0 Å². The van der Waals surface area contributed by atoms with Crippen LogP contribution in [0, 0.1) is 12.7 Å². The second kappa shape index (κ2) is 15.0. The molecule has 1 saturated heterocycles. The number of piperazine rings is 1. The Morgan fingerprint density at radius 1 is 1.06 bits per heavy atom. The first-order chi connectivity index (χ1) is 23.2. The highest BCUT2D eigenvalue weighted by Crippen LogP contribution is 2.47. The van der Waals surface area contributed by atoms with Crippen LogP contribution in [0.2, 0.25) is 5.02 Å². The molecule has 1 unspecified atom stereocenters. The summed E-state index contributed by atoms with van der Waals surface area (Å²) in [6.07, 6.45) is 1.82. The van der Waals surface area contributed by atoms with Gasteiger partial charge in [0.2, 0.25) is 0 Å². The lowest BCUT2D eigenvalue weighted by atomic mass is 9.95. The number of nitrogens with zero attached hydrogens (tertiary/aromatic N) is 3. The lowest BCUT2D eigenvalue weighted by Gasteiger charge is -2.32. The molecule has 1 N–H and O–H groups in total. The first-order valence-electron chi connectivity index (χ1n) is 15.8. The minimum Gasteiger partial charge on any atom is -0.496 e. The molecule has 0 aliphatic carbocycles. The van der Waals surface area contributed by atoms with Crippen LogP contribution in [0.5, 0.6) is 11.5 Å². The van der Waals surface area contributed by atoms with Gasteiger partial charge in [-0.2, -0.15) is 0 Å². The quantitative estimate of drug-likeness (QED) is 0.133. The van der Waals surface area contributed by atoms with Crippen molar-refractivity contribution in [1.29, 1.82) is 0 Å². The number of para-hydroxylation sites is 1. The predicted octanol–water partition coefficient (Wildman–Crippen LogP) is 7.69. The summed E-state index contributed by atoms with van der Waals surface area (Å²) < 4.78 is 32.1. The third-order valence-electron chi connectivity index (χ3n) is 8.68. The van der Waals surface area contributed by atoms with Crippen molar-refractivity contribution in [3.8, 4) is 33.9 Å². The molecule has 3 aromatic carbocycles. The molecule has 11 heteroatoms. The van der Waals surface area contributed by atoms with E-state index in [0.717, 1.165) is 61.2 Å². The third-order valence-corrected chi connectivity index (χ3v) is 10.3. The van der Waals surface area contributed by atoms with Crippen LogP contribution in [0.3, 0.4) is 0 Å². The number of rotatable bonds is 12. The molecule has 0 spiro atoms. The smallest absolute Gasteiger partial charge is 0.317 e. The van der Waals surface area contributed by atoms with Gasteiger partial charge in [-0.3, -0.25) is 9.69 Å². The number of aliphatic carboxylic acids is 1. The molecule has 1 aliphatic rings. The van der Waals surface area contributed by atoms with E-state index in [0.29, 0.717) is 56.0 Å². The number of methoxy groups -OCH3 is 1. The number of ether oxygens (including phenoxy) is 2. The average Bonchev–Trinajstić information content (AvgIpc) is 3.48. The van der Waals surface area contributed by atoms with E-state index in [9.17, 15) is 14.3 Å². The number of carbonyl (C=O) groups is 1. The van der Waals surface area contributed by atoms with Gasteiger partial charge < -0.3 is 23.9 Å². The fourth-order valence-electron chi connectivity index (χ4n) is 5.95. The van der Waals surface area contributed by atoms with Crippen LogP contribution in [-0.2, 0) is 11.2 Å². The van der Waals surface area contributed by atoms with E-state index in [1.807, 2.05) is 43.3 Å². The van der Waals surface area contributed by atoms with E-state index in [1.54, 1.807) is 31.5 Å². The number of likely N-dealkylation sites (N-methyl/N-ethyl adjacent to an activating group) is 1. The van der Waals surface area contributed by atoms with Gasteiger partial charge in [-0.15, -0.1) is 0 Å². The van der Waals surface area contributed by atoms with Crippen molar-refractivity contribution in [2.45, 2.75) is 23.6 Å². The molecule has 1 atom stereocenters. The van der Waals surface area contributed by atoms with Crippen molar-refractivity contribution in [1.82, 2.24) is 14.8 Å². The molecule has 3 heterocycles. The van der Waals surface area contributed by atoms with E-state index in [2.05, 4.69) is 21.8 Å². The number of halogens is 2. The topological polar surface area (TPSA) is 88.3 Å². The Morgan fingerprint density at radius 3 is 2.54 bits per heavy atom. The molecular formula is C37H37ClFN3O5S. The van der Waals surface area contributed by atoms with Crippen molar-refractivity contribution in [3.05, 3.63) is 94.9 Å². The second-order valence-corrected chi connectivity index (χ2v) is 13.4. The summed E-state index contributed by atoms with van der Waals surface area (Å²) in [7, 11) is 3.70. The number of pyridine rings is 1. The highest BCUT2D eigenvalue weighted by atomic mass is 35.5. The number of benzene rings is 3. The number of thioether (sulfide) groups is 1. The Hall–Kier alpha value is -4.09. The summed E-state index contributed by atoms with van der Waals surface area (Å²) in [5.74, 6) is 0.352. The fourth-order valence-corrected chi connectivity index (χ4v) is 7.25. The van der Waals surface area contributed by atoms with Gasteiger partial charge in [0.25, 0.3) is 0 Å². The third kappa shape index (κ3) is 7.32. The SMILES string of the molecule is COc1ccccc1CC(Sc1nccc2oc(-c3ccc(F)cc3)c(-c3ccc(OCCN4CCN(C)CC4)c(Cl)c3C)c12)C(=O)O. The monoisotopic (exact) mass is 689 g/mol. The second-order valence-electron chi connectivity index (χ2n) is 11.8. The number of hydrogen-bond donors (Lipinski definition) is 1. The normalized spacial score (nSPS) is 14.7. The van der Waals surface area contributed by atoms with Gasteiger partial charge in [0.15, 0.2) is 0 Å². The molecule has 0 saturated carbocycles. The van der Waals surface area contributed by atoms with Gasteiger partial charge in [0.05, 0.1) is 17.5 Å². The number of carboxylic acid groups (broad SMARTS) is 1. The van der Waals surface area contributed by atoms with Gasteiger partial charge in [-0.1, -0.05) is 47.6 Å². The highest BCUT2D eigenvalue weighted by molar-refractivity contribution is 8.00. The van der Waals surface area contributed by atoms with E-state index >= 15 is 0 Å². The number of carboxylic acids is 1. The van der Waals surface area contributed by atoms with E-state index in [1.165, 1.54) is 12.1 Å². The fraction of sp³-hybridized carbons (Fsp3) is 0.297. The molecule has 48 heavy (non-hydrogen) atoms. The summed E-state index contributed by atoms with van der Waals surface area (Å²) in [6, 6.07) is 19.0. The van der Waals surface area contributed by atoms with Crippen LogP contribution in [0.15, 0.2) is 82.4 Å². The Morgan fingerprint density at radius 2 is 1.81 bits per heavy atom. The zero-order valence-corrected chi connectivity index (χ0v) is 28.6. The number of hydrogen-bond acceptors (Lipinski definition) is 8. The van der Waals surface area contributed by atoms with Crippen LogP contribution in [0.4, 0.5) is 4.39 Å². The molecule has 8 nitrogen and oxygen atoms in total. The first kappa shape index (κ1) is 33.8. The van der Waals surface area contributed by atoms with E-state index < -0.39 is 11.2 Å². The average molecular weight is 690 g/mol. The van der Waals surface area contributed by atoms with Crippen LogP contribution in [0.25, 0.3) is 33.4 Å².